The van der Waals surface area contributed by atoms with E-state index >= 15 is 0 Å². The van der Waals surface area contributed by atoms with Crippen molar-refractivity contribution in [3.63, 3.8) is 0 Å². The van der Waals surface area contributed by atoms with Crippen molar-refractivity contribution in [2.45, 2.75) is 70.3 Å². The standard InChI is InChI=1S/C15H26O2/c16-10-11-17-15-8-6-14(7-9-15)12-13-4-2-1-3-5-13/h10,13-15H,1-9,11-12H2. The van der Waals surface area contributed by atoms with Crippen LogP contribution in [0.1, 0.15) is 64.2 Å². The monoisotopic (exact) mass is 238 g/mol. The predicted molar refractivity (Wildman–Crippen MR) is 69.0 cm³/mol. The van der Waals surface area contributed by atoms with E-state index in [4.69, 9.17) is 4.74 Å². The molecule has 2 heteroatoms. The molecule has 0 N–H and O–H groups in total. The third-order valence-corrected chi connectivity index (χ3v) is 4.59. The highest BCUT2D eigenvalue weighted by atomic mass is 16.5. The zero-order valence-electron chi connectivity index (χ0n) is 10.9. The second kappa shape index (κ2) is 7.15. The third-order valence-electron chi connectivity index (χ3n) is 4.59. The maximum atomic E-state index is 10.2. The molecule has 2 rings (SSSR count). The van der Waals surface area contributed by atoms with Gasteiger partial charge in [-0.1, -0.05) is 32.1 Å². The van der Waals surface area contributed by atoms with E-state index in [-0.39, 0.29) is 6.61 Å². The van der Waals surface area contributed by atoms with Crippen LogP contribution < -0.4 is 0 Å². The molecule has 0 unspecified atom stereocenters. The summed E-state index contributed by atoms with van der Waals surface area (Å²) in [6.45, 7) is 0.290. The van der Waals surface area contributed by atoms with Crippen molar-refractivity contribution in [2.24, 2.45) is 11.8 Å². The highest BCUT2D eigenvalue weighted by Gasteiger charge is 2.24. The Hall–Kier alpha value is -0.370. The molecule has 0 aromatic rings. The summed E-state index contributed by atoms with van der Waals surface area (Å²) in [5.74, 6) is 1.95. The Morgan fingerprint density at radius 1 is 0.882 bits per heavy atom. The number of carbonyl (C=O) groups is 1. The molecule has 0 amide bonds. The smallest absolute Gasteiger partial charge is 0.145 e. The highest BCUT2D eigenvalue weighted by Crippen LogP contribution is 2.35. The first-order chi connectivity index (χ1) is 8.38. The first kappa shape index (κ1) is 13.1. The van der Waals surface area contributed by atoms with E-state index in [1.54, 1.807) is 0 Å². The van der Waals surface area contributed by atoms with E-state index in [0.29, 0.717) is 6.10 Å². The second-order valence-electron chi connectivity index (χ2n) is 5.88. The summed E-state index contributed by atoms with van der Waals surface area (Å²) in [5, 5.41) is 0. The molecule has 2 aliphatic rings. The average Bonchev–Trinajstić information content (AvgIpc) is 2.39. The zero-order chi connectivity index (χ0) is 11.9. The minimum atomic E-state index is 0.290. The van der Waals surface area contributed by atoms with Crippen molar-refractivity contribution in [3.8, 4) is 0 Å². The van der Waals surface area contributed by atoms with E-state index < -0.39 is 0 Å². The molecule has 2 fully saturated rings. The van der Waals surface area contributed by atoms with Gasteiger partial charge in [-0.25, -0.2) is 0 Å². The molecular formula is C15H26O2. The number of aldehydes is 1. The summed E-state index contributed by atoms with van der Waals surface area (Å²) in [5.41, 5.74) is 0. The molecule has 0 atom stereocenters. The lowest BCUT2D eigenvalue weighted by molar-refractivity contribution is -0.114. The molecule has 17 heavy (non-hydrogen) atoms. The molecule has 0 aromatic carbocycles. The minimum absolute atomic E-state index is 0.290. The molecule has 2 saturated carbocycles. The highest BCUT2D eigenvalue weighted by molar-refractivity contribution is 5.50. The first-order valence-electron chi connectivity index (χ1n) is 7.43. The van der Waals surface area contributed by atoms with Crippen LogP contribution in [0.15, 0.2) is 0 Å². The van der Waals surface area contributed by atoms with Gasteiger partial charge in [0.25, 0.3) is 0 Å². The molecule has 0 bridgehead atoms. The molecule has 2 nitrogen and oxygen atoms in total. The number of ether oxygens (including phenoxy) is 1. The number of rotatable bonds is 5. The maximum Gasteiger partial charge on any atom is 0.145 e. The van der Waals surface area contributed by atoms with Gasteiger partial charge >= 0.3 is 0 Å². The van der Waals surface area contributed by atoms with Gasteiger partial charge in [0.1, 0.15) is 12.9 Å². The Morgan fingerprint density at radius 3 is 2.18 bits per heavy atom. The van der Waals surface area contributed by atoms with Crippen LogP contribution in [0.25, 0.3) is 0 Å². The molecular weight excluding hydrogens is 212 g/mol. The Morgan fingerprint density at radius 2 is 1.53 bits per heavy atom. The van der Waals surface area contributed by atoms with Gasteiger partial charge < -0.3 is 9.53 Å². The molecule has 0 aromatic heterocycles. The van der Waals surface area contributed by atoms with Crippen molar-refractivity contribution in [1.82, 2.24) is 0 Å². The summed E-state index contributed by atoms with van der Waals surface area (Å²) in [4.78, 5) is 10.2. The lowest BCUT2D eigenvalue weighted by atomic mass is 9.77. The van der Waals surface area contributed by atoms with E-state index in [1.807, 2.05) is 0 Å². The lowest BCUT2D eigenvalue weighted by Gasteiger charge is -2.32. The summed E-state index contributed by atoms with van der Waals surface area (Å²) in [6.07, 6.45) is 15.0. The van der Waals surface area contributed by atoms with Crippen molar-refractivity contribution in [2.75, 3.05) is 6.61 Å². The first-order valence-corrected chi connectivity index (χ1v) is 7.43. The summed E-state index contributed by atoms with van der Waals surface area (Å²) in [7, 11) is 0. The van der Waals surface area contributed by atoms with E-state index in [1.165, 1.54) is 64.2 Å². The lowest BCUT2D eigenvalue weighted by Crippen LogP contribution is -2.24. The molecule has 0 radical (unpaired) electrons. The van der Waals surface area contributed by atoms with Gasteiger partial charge in [0.2, 0.25) is 0 Å². The zero-order valence-corrected chi connectivity index (χ0v) is 10.9. The topological polar surface area (TPSA) is 26.3 Å². The largest absolute Gasteiger partial charge is 0.371 e. The number of hydrogen-bond donors (Lipinski definition) is 0. The van der Waals surface area contributed by atoms with E-state index in [0.717, 1.165) is 18.1 Å². The van der Waals surface area contributed by atoms with Crippen LogP contribution in [-0.4, -0.2) is 19.0 Å². The number of hydrogen-bond acceptors (Lipinski definition) is 2. The van der Waals surface area contributed by atoms with E-state index in [9.17, 15) is 4.79 Å². The molecule has 0 heterocycles. The minimum Gasteiger partial charge on any atom is -0.371 e. The van der Waals surface area contributed by atoms with Crippen molar-refractivity contribution < 1.29 is 9.53 Å². The van der Waals surface area contributed by atoms with Gasteiger partial charge in [-0.05, 0) is 43.9 Å². The number of carbonyl (C=O) groups excluding carboxylic acids is 1. The van der Waals surface area contributed by atoms with Crippen LogP contribution in [0.2, 0.25) is 0 Å². The molecule has 98 valence electrons. The molecule has 0 saturated heterocycles. The quantitative estimate of drug-likeness (QED) is 0.682. The average molecular weight is 238 g/mol. The molecule has 2 aliphatic carbocycles. The Balaban J connectivity index is 1.62. The van der Waals surface area contributed by atoms with Crippen LogP contribution in [0, 0.1) is 11.8 Å². The third kappa shape index (κ3) is 4.42. The second-order valence-corrected chi connectivity index (χ2v) is 5.88. The maximum absolute atomic E-state index is 10.2. The van der Waals surface area contributed by atoms with Gasteiger partial charge in [-0.3, -0.25) is 0 Å². The molecule has 0 aliphatic heterocycles. The fourth-order valence-electron chi connectivity index (χ4n) is 3.60. The summed E-state index contributed by atoms with van der Waals surface area (Å²) in [6, 6.07) is 0. The SMILES string of the molecule is O=CCOC1CCC(CC2CCCCC2)CC1. The van der Waals surface area contributed by atoms with Crippen LogP contribution in [0.4, 0.5) is 0 Å². The van der Waals surface area contributed by atoms with Crippen LogP contribution in [0.5, 0.6) is 0 Å². The van der Waals surface area contributed by atoms with Gasteiger partial charge in [0.05, 0.1) is 6.10 Å². The van der Waals surface area contributed by atoms with Gasteiger partial charge in [-0.15, -0.1) is 0 Å². The Bertz CT molecular complexity index is 213. The fraction of sp³-hybridized carbons (Fsp3) is 0.933. The van der Waals surface area contributed by atoms with Crippen LogP contribution in [0.3, 0.4) is 0 Å². The van der Waals surface area contributed by atoms with E-state index in [2.05, 4.69) is 0 Å². The predicted octanol–water partition coefficient (Wildman–Crippen LogP) is 3.73. The molecule has 0 spiro atoms. The Labute approximate surface area is 105 Å². The van der Waals surface area contributed by atoms with Gasteiger partial charge in [0, 0.05) is 0 Å². The summed E-state index contributed by atoms with van der Waals surface area (Å²) >= 11 is 0. The van der Waals surface area contributed by atoms with Gasteiger partial charge in [-0.2, -0.15) is 0 Å². The van der Waals surface area contributed by atoms with Crippen molar-refractivity contribution >= 4 is 6.29 Å². The van der Waals surface area contributed by atoms with Crippen LogP contribution in [-0.2, 0) is 9.53 Å². The summed E-state index contributed by atoms with van der Waals surface area (Å²) < 4.78 is 5.50. The van der Waals surface area contributed by atoms with Crippen molar-refractivity contribution in [3.05, 3.63) is 0 Å². The Kier molecular flexibility index (Phi) is 5.50. The van der Waals surface area contributed by atoms with Crippen molar-refractivity contribution in [1.29, 1.82) is 0 Å². The fourth-order valence-corrected chi connectivity index (χ4v) is 3.60. The normalized spacial score (nSPS) is 31.3. The van der Waals surface area contributed by atoms with Crippen LogP contribution >= 0.6 is 0 Å². The van der Waals surface area contributed by atoms with Gasteiger partial charge in [0.15, 0.2) is 0 Å².